The Morgan fingerprint density at radius 2 is 2.00 bits per heavy atom. The van der Waals surface area contributed by atoms with E-state index in [-0.39, 0.29) is 0 Å². The molecule has 0 spiro atoms. The van der Waals surface area contributed by atoms with Crippen LogP contribution in [-0.4, -0.2) is 35.9 Å². The summed E-state index contributed by atoms with van der Waals surface area (Å²) in [4.78, 5) is 29.2. The number of carbonyl (C=O) groups excluding carboxylic acids is 2. The van der Waals surface area contributed by atoms with Gasteiger partial charge in [-0.25, -0.2) is 4.79 Å². The lowest BCUT2D eigenvalue weighted by Crippen LogP contribution is -2.32. The van der Waals surface area contributed by atoms with Crippen molar-refractivity contribution in [3.63, 3.8) is 0 Å². The monoisotopic (exact) mass is 378 g/mol. The number of pyridine rings is 1. The summed E-state index contributed by atoms with van der Waals surface area (Å²) < 4.78 is 44.3. The first-order valence-corrected chi connectivity index (χ1v) is 8.24. The summed E-state index contributed by atoms with van der Waals surface area (Å²) in [7, 11) is 2.73. The zero-order chi connectivity index (χ0) is 19.8. The molecule has 0 saturated carbocycles. The second kappa shape index (κ2) is 7.02. The van der Waals surface area contributed by atoms with Crippen molar-refractivity contribution in [1.82, 2.24) is 9.88 Å². The van der Waals surface area contributed by atoms with Crippen LogP contribution in [0.15, 0.2) is 36.5 Å². The molecule has 0 fully saturated rings. The molecule has 1 atom stereocenters. The number of esters is 1. The standard InChI is InChI=1S/C19H17F3N2O3/c1-24(17(25)13-4-3-9-23-16(13)19(20,21)22)15-8-7-11-5-6-12(10-14(11)15)18(26)27-2/h3-6,9-10,15H,7-8H2,1-2H3/t15-/m1/s1. The van der Waals surface area contributed by atoms with Crippen molar-refractivity contribution in [3.05, 3.63) is 64.5 Å². The van der Waals surface area contributed by atoms with Crippen LogP contribution in [0.3, 0.4) is 0 Å². The van der Waals surface area contributed by atoms with Gasteiger partial charge in [0.1, 0.15) is 0 Å². The Balaban J connectivity index is 1.94. The van der Waals surface area contributed by atoms with E-state index in [0.29, 0.717) is 18.4 Å². The first-order valence-electron chi connectivity index (χ1n) is 8.24. The molecule has 8 heteroatoms. The topological polar surface area (TPSA) is 59.5 Å². The number of carbonyl (C=O) groups is 2. The number of fused-ring (bicyclic) bond motifs is 1. The normalized spacial score (nSPS) is 16.0. The number of benzene rings is 1. The molecule has 0 saturated heterocycles. The minimum absolute atomic E-state index is 0.335. The zero-order valence-corrected chi connectivity index (χ0v) is 14.7. The summed E-state index contributed by atoms with van der Waals surface area (Å²) in [5.41, 5.74) is 0.329. The largest absolute Gasteiger partial charge is 0.465 e. The lowest BCUT2D eigenvalue weighted by Gasteiger charge is -2.26. The van der Waals surface area contributed by atoms with Crippen molar-refractivity contribution in [2.45, 2.75) is 25.1 Å². The highest BCUT2D eigenvalue weighted by molar-refractivity contribution is 5.95. The van der Waals surface area contributed by atoms with E-state index in [2.05, 4.69) is 4.98 Å². The Labute approximate surface area is 153 Å². The molecule has 0 aliphatic heterocycles. The van der Waals surface area contributed by atoms with E-state index in [0.717, 1.165) is 23.4 Å². The van der Waals surface area contributed by atoms with Crippen LogP contribution in [-0.2, 0) is 17.3 Å². The Kier molecular flexibility index (Phi) is 4.91. The maximum absolute atomic E-state index is 13.2. The fraction of sp³-hybridized carbons (Fsp3) is 0.316. The van der Waals surface area contributed by atoms with Gasteiger partial charge in [0.15, 0.2) is 5.69 Å². The van der Waals surface area contributed by atoms with Crippen molar-refractivity contribution < 1.29 is 27.5 Å². The molecule has 2 aromatic rings. The van der Waals surface area contributed by atoms with Gasteiger partial charge in [0.2, 0.25) is 0 Å². The van der Waals surface area contributed by atoms with Crippen LogP contribution in [0, 0.1) is 0 Å². The minimum Gasteiger partial charge on any atom is -0.465 e. The van der Waals surface area contributed by atoms with E-state index < -0.39 is 35.4 Å². The lowest BCUT2D eigenvalue weighted by atomic mass is 10.0. The van der Waals surface area contributed by atoms with Crippen molar-refractivity contribution >= 4 is 11.9 Å². The number of aromatic nitrogens is 1. The third-order valence-corrected chi connectivity index (χ3v) is 4.71. The number of methoxy groups -OCH3 is 1. The first-order chi connectivity index (χ1) is 12.7. The molecule has 0 N–H and O–H groups in total. The molecule has 1 heterocycles. The number of hydrogen-bond donors (Lipinski definition) is 0. The smallest absolute Gasteiger partial charge is 0.434 e. The fourth-order valence-electron chi connectivity index (χ4n) is 3.36. The van der Waals surface area contributed by atoms with Crippen LogP contribution in [0.1, 0.15) is 50.0 Å². The van der Waals surface area contributed by atoms with E-state index in [1.807, 2.05) is 0 Å². The zero-order valence-electron chi connectivity index (χ0n) is 14.7. The quantitative estimate of drug-likeness (QED) is 0.765. The number of alkyl halides is 3. The van der Waals surface area contributed by atoms with E-state index in [1.165, 1.54) is 25.1 Å². The van der Waals surface area contributed by atoms with Crippen LogP contribution in [0.4, 0.5) is 13.2 Å². The second-order valence-corrected chi connectivity index (χ2v) is 6.27. The molecule has 3 rings (SSSR count). The van der Waals surface area contributed by atoms with Crippen LogP contribution in [0.25, 0.3) is 0 Å². The molecule has 27 heavy (non-hydrogen) atoms. The van der Waals surface area contributed by atoms with Gasteiger partial charge in [-0.3, -0.25) is 9.78 Å². The highest BCUT2D eigenvalue weighted by Gasteiger charge is 2.39. The predicted molar refractivity (Wildman–Crippen MR) is 90.2 cm³/mol. The Bertz CT molecular complexity index is 896. The van der Waals surface area contributed by atoms with E-state index in [1.54, 1.807) is 18.2 Å². The average molecular weight is 378 g/mol. The molecule has 1 aliphatic carbocycles. The molecule has 1 aromatic heterocycles. The molecular weight excluding hydrogens is 361 g/mol. The molecular formula is C19H17F3N2O3. The second-order valence-electron chi connectivity index (χ2n) is 6.27. The Morgan fingerprint density at radius 3 is 2.67 bits per heavy atom. The van der Waals surface area contributed by atoms with Crippen LogP contribution < -0.4 is 0 Å². The Morgan fingerprint density at radius 1 is 1.26 bits per heavy atom. The number of rotatable bonds is 3. The number of nitrogens with zero attached hydrogens (tertiary/aromatic N) is 2. The molecule has 5 nitrogen and oxygen atoms in total. The predicted octanol–water partition coefficient (Wildman–Crippen LogP) is 3.65. The minimum atomic E-state index is -4.72. The van der Waals surface area contributed by atoms with Crippen molar-refractivity contribution in [1.29, 1.82) is 0 Å². The molecule has 1 aromatic carbocycles. The van der Waals surface area contributed by atoms with Crippen LogP contribution >= 0.6 is 0 Å². The SMILES string of the molecule is COC(=O)c1ccc2c(c1)[C@H](N(C)C(=O)c1cccnc1C(F)(F)F)CC2. The summed E-state index contributed by atoms with van der Waals surface area (Å²) in [6.45, 7) is 0. The first kappa shape index (κ1) is 18.9. The van der Waals surface area contributed by atoms with E-state index >= 15 is 0 Å². The number of hydrogen-bond acceptors (Lipinski definition) is 4. The Hall–Kier alpha value is -2.90. The van der Waals surface area contributed by atoms with Crippen molar-refractivity contribution in [3.8, 4) is 0 Å². The molecule has 0 bridgehead atoms. The van der Waals surface area contributed by atoms with Gasteiger partial charge < -0.3 is 9.64 Å². The number of ether oxygens (including phenoxy) is 1. The van der Waals surface area contributed by atoms with Gasteiger partial charge >= 0.3 is 12.1 Å². The fourth-order valence-corrected chi connectivity index (χ4v) is 3.36. The highest BCUT2D eigenvalue weighted by atomic mass is 19.4. The highest BCUT2D eigenvalue weighted by Crippen LogP contribution is 2.37. The molecule has 1 amide bonds. The lowest BCUT2D eigenvalue weighted by molar-refractivity contribution is -0.141. The number of amides is 1. The summed E-state index contributed by atoms with van der Waals surface area (Å²) in [5.74, 6) is -1.28. The van der Waals surface area contributed by atoms with Crippen molar-refractivity contribution in [2.75, 3.05) is 14.2 Å². The van der Waals surface area contributed by atoms with Gasteiger partial charge in [-0.1, -0.05) is 6.07 Å². The van der Waals surface area contributed by atoms with Gasteiger partial charge in [-0.05, 0) is 48.2 Å². The maximum atomic E-state index is 13.2. The number of aryl methyl sites for hydroxylation is 1. The summed E-state index contributed by atoms with van der Waals surface area (Å²) in [6, 6.07) is 7.04. The van der Waals surface area contributed by atoms with Gasteiger partial charge in [-0.2, -0.15) is 13.2 Å². The number of halogens is 3. The summed E-state index contributed by atoms with van der Waals surface area (Å²) in [6.07, 6.45) is -2.49. The average Bonchev–Trinajstić information content (AvgIpc) is 3.08. The van der Waals surface area contributed by atoms with Gasteiger partial charge in [0.25, 0.3) is 5.91 Å². The third kappa shape index (κ3) is 3.51. The van der Waals surface area contributed by atoms with Gasteiger partial charge in [-0.15, -0.1) is 0 Å². The molecule has 142 valence electrons. The maximum Gasteiger partial charge on any atom is 0.434 e. The van der Waals surface area contributed by atoms with E-state index in [4.69, 9.17) is 4.74 Å². The molecule has 0 radical (unpaired) electrons. The van der Waals surface area contributed by atoms with Gasteiger partial charge in [0.05, 0.1) is 24.3 Å². The summed E-state index contributed by atoms with van der Waals surface area (Å²) in [5, 5.41) is 0. The van der Waals surface area contributed by atoms with E-state index in [9.17, 15) is 22.8 Å². The van der Waals surface area contributed by atoms with Crippen LogP contribution in [0.5, 0.6) is 0 Å². The molecule has 1 aliphatic rings. The van der Waals surface area contributed by atoms with Gasteiger partial charge in [0, 0.05) is 13.2 Å². The van der Waals surface area contributed by atoms with Crippen molar-refractivity contribution in [2.24, 2.45) is 0 Å². The third-order valence-electron chi connectivity index (χ3n) is 4.71. The summed E-state index contributed by atoms with van der Waals surface area (Å²) >= 11 is 0. The van der Waals surface area contributed by atoms with Crippen LogP contribution in [0.2, 0.25) is 0 Å². The molecule has 0 unspecified atom stereocenters.